The Morgan fingerprint density at radius 1 is 1.14 bits per heavy atom. The first-order valence-electron chi connectivity index (χ1n) is 8.10. The maximum absolute atomic E-state index is 6.41. The molecule has 2 aliphatic rings. The molecule has 1 saturated carbocycles. The Balaban J connectivity index is 1.78. The van der Waals surface area contributed by atoms with Crippen molar-refractivity contribution in [1.82, 2.24) is 5.32 Å². The summed E-state index contributed by atoms with van der Waals surface area (Å²) in [6, 6.07) is 6.80. The zero-order valence-corrected chi connectivity index (χ0v) is 14.1. The van der Waals surface area contributed by atoms with Crippen LogP contribution in [0.4, 0.5) is 5.69 Å². The summed E-state index contributed by atoms with van der Waals surface area (Å²) in [5.41, 5.74) is 1.08. The van der Waals surface area contributed by atoms with Gasteiger partial charge in [0.05, 0.1) is 10.7 Å². The molecule has 2 unspecified atom stereocenters. The predicted octanol–water partition coefficient (Wildman–Crippen LogP) is 4.74. The molecule has 4 heteroatoms. The van der Waals surface area contributed by atoms with Gasteiger partial charge in [0, 0.05) is 30.2 Å². The fourth-order valence-electron chi connectivity index (χ4n) is 3.78. The number of benzene rings is 1. The Bertz CT molecular complexity index is 486. The number of halogens is 2. The van der Waals surface area contributed by atoms with E-state index < -0.39 is 0 Å². The van der Waals surface area contributed by atoms with E-state index in [0.29, 0.717) is 12.1 Å². The second-order valence-electron chi connectivity index (χ2n) is 6.51. The highest BCUT2D eigenvalue weighted by atomic mass is 35.5. The van der Waals surface area contributed by atoms with Crippen LogP contribution in [0.1, 0.15) is 39.0 Å². The quantitative estimate of drug-likeness (QED) is 0.844. The van der Waals surface area contributed by atoms with Gasteiger partial charge in [-0.15, -0.1) is 0 Å². The lowest BCUT2D eigenvalue weighted by atomic mass is 9.82. The van der Waals surface area contributed by atoms with Crippen molar-refractivity contribution in [3.63, 3.8) is 0 Å². The molecule has 2 atom stereocenters. The Hall–Kier alpha value is -0.440. The summed E-state index contributed by atoms with van der Waals surface area (Å²) in [4.78, 5) is 2.43. The van der Waals surface area contributed by atoms with E-state index in [-0.39, 0.29) is 0 Å². The number of hydrogen-bond acceptors (Lipinski definition) is 2. The molecule has 3 rings (SSSR count). The first kappa shape index (κ1) is 15.5. The van der Waals surface area contributed by atoms with Gasteiger partial charge in [0.1, 0.15) is 0 Å². The second kappa shape index (κ2) is 6.76. The largest absolute Gasteiger partial charge is 0.365 e. The summed E-state index contributed by atoms with van der Waals surface area (Å²) < 4.78 is 0. The monoisotopic (exact) mass is 326 g/mol. The average molecular weight is 327 g/mol. The minimum Gasteiger partial charge on any atom is -0.365 e. The van der Waals surface area contributed by atoms with Gasteiger partial charge in [0.2, 0.25) is 0 Å². The number of nitrogens with zero attached hydrogens (tertiary/aromatic N) is 1. The van der Waals surface area contributed by atoms with Crippen LogP contribution in [0.3, 0.4) is 0 Å². The first-order valence-corrected chi connectivity index (χ1v) is 8.86. The molecule has 1 heterocycles. The SMILES string of the molecule is CC1CNC(C2CCCCC2)CN1c1cc(Cl)ccc1Cl. The van der Waals surface area contributed by atoms with Gasteiger partial charge in [-0.2, -0.15) is 0 Å². The molecule has 1 aromatic carbocycles. The van der Waals surface area contributed by atoms with Crippen molar-refractivity contribution < 1.29 is 0 Å². The van der Waals surface area contributed by atoms with Crippen LogP contribution < -0.4 is 10.2 Å². The van der Waals surface area contributed by atoms with Crippen molar-refractivity contribution in [3.05, 3.63) is 28.2 Å². The maximum atomic E-state index is 6.41. The van der Waals surface area contributed by atoms with Gasteiger partial charge in [-0.3, -0.25) is 0 Å². The van der Waals surface area contributed by atoms with Gasteiger partial charge in [0.15, 0.2) is 0 Å². The third-order valence-corrected chi connectivity index (χ3v) is 5.59. The van der Waals surface area contributed by atoms with E-state index in [0.717, 1.165) is 34.7 Å². The molecule has 0 bridgehead atoms. The fourth-order valence-corrected chi connectivity index (χ4v) is 4.17. The molecule has 2 fully saturated rings. The number of rotatable bonds is 2. The highest BCUT2D eigenvalue weighted by Crippen LogP contribution is 2.34. The number of nitrogens with one attached hydrogen (secondary N) is 1. The molecule has 1 aliphatic carbocycles. The van der Waals surface area contributed by atoms with Crippen molar-refractivity contribution in [1.29, 1.82) is 0 Å². The molecular formula is C17H24Cl2N2. The van der Waals surface area contributed by atoms with Crippen LogP contribution >= 0.6 is 23.2 Å². The van der Waals surface area contributed by atoms with E-state index >= 15 is 0 Å². The standard InChI is InChI=1S/C17H24Cl2N2/c1-12-10-20-16(13-5-3-2-4-6-13)11-21(12)17-9-14(18)7-8-15(17)19/h7-9,12-13,16,20H,2-6,10-11H2,1H3. The second-order valence-corrected chi connectivity index (χ2v) is 7.35. The van der Waals surface area contributed by atoms with Crippen LogP contribution in [-0.2, 0) is 0 Å². The van der Waals surface area contributed by atoms with Gasteiger partial charge in [-0.1, -0.05) is 42.5 Å². The smallest absolute Gasteiger partial charge is 0.0640 e. The molecule has 2 nitrogen and oxygen atoms in total. The fraction of sp³-hybridized carbons (Fsp3) is 0.647. The molecule has 0 aromatic heterocycles. The van der Waals surface area contributed by atoms with E-state index in [1.807, 2.05) is 18.2 Å². The highest BCUT2D eigenvalue weighted by molar-refractivity contribution is 6.35. The molecule has 1 aliphatic heterocycles. The van der Waals surface area contributed by atoms with E-state index in [9.17, 15) is 0 Å². The summed E-state index contributed by atoms with van der Waals surface area (Å²) in [6.45, 7) is 4.30. The zero-order valence-electron chi connectivity index (χ0n) is 12.6. The van der Waals surface area contributed by atoms with Gasteiger partial charge in [-0.25, -0.2) is 0 Å². The van der Waals surface area contributed by atoms with Crippen molar-refractivity contribution in [2.24, 2.45) is 5.92 Å². The minimum atomic E-state index is 0.445. The van der Waals surface area contributed by atoms with Crippen LogP contribution in [0.5, 0.6) is 0 Å². The summed E-state index contributed by atoms with van der Waals surface area (Å²) >= 11 is 12.6. The molecule has 21 heavy (non-hydrogen) atoms. The molecule has 0 amide bonds. The van der Waals surface area contributed by atoms with E-state index in [2.05, 4.69) is 17.1 Å². The average Bonchev–Trinajstić information content (AvgIpc) is 2.51. The molecular weight excluding hydrogens is 303 g/mol. The highest BCUT2D eigenvalue weighted by Gasteiger charge is 2.31. The third-order valence-electron chi connectivity index (χ3n) is 5.04. The van der Waals surface area contributed by atoms with Gasteiger partial charge in [0.25, 0.3) is 0 Å². The Morgan fingerprint density at radius 3 is 2.67 bits per heavy atom. The molecule has 1 aromatic rings. The van der Waals surface area contributed by atoms with E-state index in [1.165, 1.54) is 32.1 Å². The van der Waals surface area contributed by atoms with Crippen LogP contribution in [-0.4, -0.2) is 25.2 Å². The first-order chi connectivity index (χ1) is 10.1. The van der Waals surface area contributed by atoms with Crippen LogP contribution in [0.2, 0.25) is 10.0 Å². The van der Waals surface area contributed by atoms with Crippen molar-refractivity contribution in [3.8, 4) is 0 Å². The maximum Gasteiger partial charge on any atom is 0.0640 e. The minimum absolute atomic E-state index is 0.445. The predicted molar refractivity (Wildman–Crippen MR) is 91.6 cm³/mol. The summed E-state index contributed by atoms with van der Waals surface area (Å²) in [5, 5.41) is 5.31. The molecule has 116 valence electrons. The van der Waals surface area contributed by atoms with E-state index in [4.69, 9.17) is 23.2 Å². The Morgan fingerprint density at radius 2 is 1.90 bits per heavy atom. The molecule has 1 saturated heterocycles. The molecule has 0 radical (unpaired) electrons. The Labute approximate surface area is 137 Å². The third kappa shape index (κ3) is 3.49. The van der Waals surface area contributed by atoms with Crippen molar-refractivity contribution in [2.45, 2.75) is 51.1 Å². The Kier molecular flexibility index (Phi) is 4.98. The van der Waals surface area contributed by atoms with Gasteiger partial charge >= 0.3 is 0 Å². The summed E-state index contributed by atoms with van der Waals surface area (Å²) in [5.74, 6) is 0.812. The lowest BCUT2D eigenvalue weighted by Gasteiger charge is -2.44. The van der Waals surface area contributed by atoms with Crippen LogP contribution in [0.15, 0.2) is 18.2 Å². The molecule has 1 N–H and O–H groups in total. The number of hydrogen-bond donors (Lipinski definition) is 1. The van der Waals surface area contributed by atoms with Crippen molar-refractivity contribution in [2.75, 3.05) is 18.0 Å². The van der Waals surface area contributed by atoms with Gasteiger partial charge in [-0.05, 0) is 43.9 Å². The molecule has 0 spiro atoms. The van der Waals surface area contributed by atoms with Gasteiger partial charge < -0.3 is 10.2 Å². The zero-order chi connectivity index (χ0) is 14.8. The topological polar surface area (TPSA) is 15.3 Å². The number of anilines is 1. The summed E-state index contributed by atoms with van der Waals surface area (Å²) in [6.07, 6.45) is 6.91. The van der Waals surface area contributed by atoms with Crippen LogP contribution in [0.25, 0.3) is 0 Å². The lowest BCUT2D eigenvalue weighted by molar-refractivity contribution is 0.245. The van der Waals surface area contributed by atoms with E-state index in [1.54, 1.807) is 0 Å². The lowest BCUT2D eigenvalue weighted by Crippen LogP contribution is -2.58. The number of piperazine rings is 1. The van der Waals surface area contributed by atoms with Crippen LogP contribution in [0, 0.1) is 5.92 Å². The van der Waals surface area contributed by atoms with Crippen molar-refractivity contribution >= 4 is 28.9 Å². The normalized spacial score (nSPS) is 27.9. The summed E-state index contributed by atoms with van der Waals surface area (Å²) in [7, 11) is 0.